The Morgan fingerprint density at radius 3 is 1.20 bits per heavy atom. The Morgan fingerprint density at radius 1 is 0.443 bits per heavy atom. The molecule has 0 rings (SSSR count). The molecule has 0 aromatic carbocycles. The molecule has 0 aliphatic rings. The summed E-state index contributed by atoms with van der Waals surface area (Å²) in [5.74, 6) is -14.7. The van der Waals surface area contributed by atoms with Gasteiger partial charge in [0.05, 0.1) is 43.8 Å². The van der Waals surface area contributed by atoms with Crippen molar-refractivity contribution in [3.63, 3.8) is 0 Å². The second-order valence-electron chi connectivity index (χ2n) is 19.1. The van der Waals surface area contributed by atoms with Crippen LogP contribution in [0.3, 0.4) is 0 Å². The number of aliphatic carboxylic acids is 2. The molecule has 0 aromatic heterocycles. The van der Waals surface area contributed by atoms with Crippen molar-refractivity contribution in [2.45, 2.75) is 153 Å². The van der Waals surface area contributed by atoms with Gasteiger partial charge in [0.15, 0.2) is 46.8 Å². The van der Waals surface area contributed by atoms with E-state index in [1.807, 2.05) is 0 Å². The monoisotopic (exact) mass is 1130 g/mol. The van der Waals surface area contributed by atoms with Crippen LogP contribution in [0.4, 0.5) is 0 Å². The molecule has 0 saturated carbocycles. The SMILES string of the molecule is CCC(=O)[C@H](CC(=O)O)NC(=O)[C@H](C)CC(=O)[C@H](CO)NC(=O)[C@H](CCCN=C(N)N)CC(=O)[C@H](CCCN=C(N)N)NC(=O)[C@@H](CCCCN)CC(=O)[C@H](CCC(=O)O)NC(=O)[C@H](CCCN=C(N)N)CC(=O)[C@H](CO)NC. The van der Waals surface area contributed by atoms with Crippen LogP contribution < -0.4 is 66.7 Å². The Bertz CT molecular complexity index is 2110. The number of likely N-dealkylation sites (N-methyl/N-ethyl adjacent to an activating group) is 1. The first-order valence-corrected chi connectivity index (χ1v) is 26.3. The summed E-state index contributed by atoms with van der Waals surface area (Å²) in [6, 6.07) is -6.81. The minimum atomic E-state index is -1.60. The molecule has 0 fully saturated rings. The van der Waals surface area contributed by atoms with Gasteiger partial charge in [-0.2, -0.15) is 0 Å². The number of nitrogens with zero attached hydrogens (tertiary/aromatic N) is 3. The predicted molar refractivity (Wildman–Crippen MR) is 290 cm³/mol. The lowest BCUT2D eigenvalue weighted by Crippen LogP contribution is -2.49. The van der Waals surface area contributed by atoms with Crippen molar-refractivity contribution in [3.8, 4) is 0 Å². The quantitative estimate of drug-likeness (QED) is 0.0155. The van der Waals surface area contributed by atoms with Gasteiger partial charge in [0.1, 0.15) is 6.04 Å². The number of guanidine groups is 3. The largest absolute Gasteiger partial charge is 0.481 e. The number of aliphatic hydroxyl groups is 2. The lowest BCUT2D eigenvalue weighted by molar-refractivity contribution is -0.141. The van der Waals surface area contributed by atoms with Crippen molar-refractivity contribution in [1.82, 2.24) is 26.6 Å². The van der Waals surface area contributed by atoms with Gasteiger partial charge in [0.25, 0.3) is 0 Å². The Morgan fingerprint density at radius 2 is 0.823 bits per heavy atom. The van der Waals surface area contributed by atoms with Crippen LogP contribution in [-0.4, -0.2) is 179 Å². The second kappa shape index (κ2) is 40.1. The molecule has 23 N–H and O–H groups in total. The maximum absolute atomic E-state index is 14.4. The van der Waals surface area contributed by atoms with E-state index in [0.29, 0.717) is 12.8 Å². The molecule has 79 heavy (non-hydrogen) atoms. The van der Waals surface area contributed by atoms with Crippen molar-refractivity contribution in [1.29, 1.82) is 0 Å². The van der Waals surface area contributed by atoms with Crippen LogP contribution >= 0.6 is 0 Å². The Balaban J connectivity index is 6.97. The summed E-state index contributed by atoms with van der Waals surface area (Å²) in [7, 11) is 1.44. The maximum atomic E-state index is 14.4. The number of Topliss-reactive ketones (excluding diaryl/α,β-unsaturated/α-hetero) is 5. The van der Waals surface area contributed by atoms with Crippen LogP contribution in [0.15, 0.2) is 15.0 Å². The van der Waals surface area contributed by atoms with Crippen molar-refractivity contribution in [2.24, 2.45) is 78.8 Å². The highest BCUT2D eigenvalue weighted by atomic mass is 16.4. The fraction of sp³-hybridized carbons (Fsp3) is 0.714. The van der Waals surface area contributed by atoms with E-state index in [1.54, 1.807) is 0 Å². The summed E-state index contributed by atoms with van der Waals surface area (Å²) in [4.78, 5) is 158. The fourth-order valence-electron chi connectivity index (χ4n) is 8.13. The Kier molecular flexibility index (Phi) is 36.4. The Labute approximate surface area is 459 Å². The number of carbonyl (C=O) groups is 11. The number of unbranched alkanes of at least 4 members (excludes halogenated alkanes) is 1. The number of carbonyl (C=O) groups excluding carboxylic acids is 9. The van der Waals surface area contributed by atoms with Gasteiger partial charge in [-0.1, -0.05) is 20.3 Å². The normalized spacial score (nSPS) is 14.4. The molecule has 4 amide bonds. The number of carboxylic acid groups (broad SMARTS) is 2. The van der Waals surface area contributed by atoms with E-state index in [4.69, 9.17) is 40.1 Å². The van der Waals surface area contributed by atoms with Crippen molar-refractivity contribution in [3.05, 3.63) is 0 Å². The van der Waals surface area contributed by atoms with Gasteiger partial charge in [-0.05, 0) is 71.4 Å². The topological polar surface area (TPSA) is 548 Å². The van der Waals surface area contributed by atoms with Crippen molar-refractivity contribution < 1.29 is 73.2 Å². The molecule has 0 heterocycles. The minimum Gasteiger partial charge on any atom is -0.481 e. The van der Waals surface area contributed by atoms with Crippen molar-refractivity contribution >= 4 is 82.4 Å². The standard InChI is InChI=1S/C49H87N15O15/c1-4-36(67)33(24-42(74)75)63-43(76)27(2)20-37(68)35(26-66)64-46(79)29(11-7-17-58-47(51)52)22-38(69)31(13-9-19-60-49(55)56)61-44(77)28(10-5-6-16-50)21-39(70)32(14-15-41(72)73)62-45(78)30(12-8-18-59-48(53)54)23-40(71)34(25-65)57-3/h27-35,57,65-66H,4-26,50H2,1-3H3,(H,61,77)(H,62,78)(H,63,76)(H,64,79)(H,72,73)(H,74,75)(H4,51,52,58)(H4,53,54,59)(H4,55,56,60)/t27-,28+,29-,30-,31+,32+,33+,34+,35+/m1/s1. The number of aliphatic hydroxyl groups excluding tert-OH is 2. The lowest BCUT2D eigenvalue weighted by Gasteiger charge is -2.26. The van der Waals surface area contributed by atoms with Gasteiger partial charge < -0.3 is 87.1 Å². The predicted octanol–water partition coefficient (Wildman–Crippen LogP) is -4.57. The van der Waals surface area contributed by atoms with Gasteiger partial charge in [-0.3, -0.25) is 67.7 Å². The first-order valence-electron chi connectivity index (χ1n) is 26.3. The van der Waals surface area contributed by atoms with Crippen LogP contribution in [0.2, 0.25) is 0 Å². The third kappa shape index (κ3) is 31.1. The summed E-state index contributed by atoms with van der Waals surface area (Å²) >= 11 is 0. The average Bonchev–Trinajstić information content (AvgIpc) is 3.38. The van der Waals surface area contributed by atoms with E-state index < -0.39 is 170 Å². The summed E-state index contributed by atoms with van der Waals surface area (Å²) < 4.78 is 0. The molecule has 0 radical (unpaired) electrons. The molecule has 448 valence electrons. The number of hydrogen-bond donors (Lipinski definition) is 16. The molecule has 0 aliphatic heterocycles. The van der Waals surface area contributed by atoms with E-state index in [1.165, 1.54) is 20.9 Å². The molecule has 0 saturated heterocycles. The number of nitrogens with one attached hydrogen (secondary N) is 5. The van der Waals surface area contributed by atoms with Gasteiger partial charge in [-0.15, -0.1) is 0 Å². The van der Waals surface area contributed by atoms with Crippen LogP contribution in [-0.2, 0) is 52.7 Å². The smallest absolute Gasteiger partial charge is 0.305 e. The van der Waals surface area contributed by atoms with E-state index in [9.17, 15) is 73.2 Å². The molecule has 0 unspecified atom stereocenters. The third-order valence-electron chi connectivity index (χ3n) is 12.7. The summed E-state index contributed by atoms with van der Waals surface area (Å²) in [5, 5.41) is 51.5. The number of ketones is 5. The number of amides is 4. The fourth-order valence-corrected chi connectivity index (χ4v) is 8.13. The minimum absolute atomic E-state index is 0.00250. The summed E-state index contributed by atoms with van der Waals surface area (Å²) in [6.45, 7) is 1.58. The van der Waals surface area contributed by atoms with Crippen molar-refractivity contribution in [2.75, 3.05) is 46.4 Å². The zero-order valence-corrected chi connectivity index (χ0v) is 45.6. The van der Waals surface area contributed by atoms with Crippen LogP contribution in [0.25, 0.3) is 0 Å². The zero-order valence-electron chi connectivity index (χ0n) is 45.6. The van der Waals surface area contributed by atoms with Crippen LogP contribution in [0.5, 0.6) is 0 Å². The Hall–Kier alpha value is -7.18. The van der Waals surface area contributed by atoms with Gasteiger partial charge in [0, 0.05) is 81.8 Å². The highest BCUT2D eigenvalue weighted by molar-refractivity contribution is 5.98. The number of nitrogens with two attached hydrogens (primary N) is 7. The van der Waals surface area contributed by atoms with Crippen LogP contribution in [0, 0.1) is 23.7 Å². The number of rotatable bonds is 46. The molecule has 0 spiro atoms. The maximum Gasteiger partial charge on any atom is 0.305 e. The van der Waals surface area contributed by atoms with E-state index in [-0.39, 0.29) is 102 Å². The molecule has 0 aliphatic carbocycles. The molecule has 9 atom stereocenters. The lowest BCUT2D eigenvalue weighted by atomic mass is 9.88. The molecule has 30 nitrogen and oxygen atoms in total. The van der Waals surface area contributed by atoms with Gasteiger partial charge >= 0.3 is 11.9 Å². The molecule has 0 aromatic rings. The second-order valence-corrected chi connectivity index (χ2v) is 19.1. The first-order chi connectivity index (χ1) is 37.2. The van der Waals surface area contributed by atoms with Gasteiger partial charge in [0.2, 0.25) is 23.6 Å². The summed E-state index contributed by atoms with van der Waals surface area (Å²) in [6.07, 6.45) is -2.82. The van der Waals surface area contributed by atoms with Gasteiger partial charge in [-0.25, -0.2) is 0 Å². The van der Waals surface area contributed by atoms with Crippen LogP contribution in [0.1, 0.15) is 123 Å². The first kappa shape index (κ1) is 71.8. The van der Waals surface area contributed by atoms with E-state index in [0.717, 1.165) is 0 Å². The number of carboxylic acids is 2. The zero-order chi connectivity index (χ0) is 60.2. The highest BCUT2D eigenvalue weighted by Crippen LogP contribution is 2.22. The number of aliphatic imine (C=N–C) groups is 3. The van der Waals surface area contributed by atoms with E-state index >= 15 is 0 Å². The molecule has 0 bridgehead atoms. The average molecular weight is 1130 g/mol. The van der Waals surface area contributed by atoms with E-state index in [2.05, 4.69) is 41.6 Å². The molecular formula is C49H87N15O15. The summed E-state index contributed by atoms with van der Waals surface area (Å²) in [5.41, 5.74) is 38.6. The third-order valence-corrected chi connectivity index (χ3v) is 12.7. The molecule has 30 heteroatoms. The highest BCUT2D eigenvalue weighted by Gasteiger charge is 2.35. The molecular weight excluding hydrogens is 1040 g/mol. The number of hydrogen-bond acceptors (Lipinski definition) is 18.